The van der Waals surface area contributed by atoms with Crippen LogP contribution in [0, 0.1) is 0 Å². The molecule has 1 atom stereocenters. The topological polar surface area (TPSA) is 21.3 Å². The summed E-state index contributed by atoms with van der Waals surface area (Å²) in [7, 11) is 1.72. The third kappa shape index (κ3) is 14.4. The van der Waals surface area contributed by atoms with E-state index in [1.807, 2.05) is 0 Å². The molecule has 2 nitrogen and oxygen atoms in total. The van der Waals surface area contributed by atoms with E-state index in [0.29, 0.717) is 18.5 Å². The molecule has 19 heavy (non-hydrogen) atoms. The fourth-order valence-corrected chi connectivity index (χ4v) is 2.48. The molecular formula is C16H34ClNO. The van der Waals surface area contributed by atoms with E-state index in [9.17, 15) is 0 Å². The molecule has 0 amide bonds. The molecule has 1 N–H and O–H groups in total. The number of alkyl halides is 1. The van der Waals surface area contributed by atoms with Crippen LogP contribution in [-0.2, 0) is 4.74 Å². The van der Waals surface area contributed by atoms with Crippen molar-refractivity contribution in [3.63, 3.8) is 0 Å². The summed E-state index contributed by atoms with van der Waals surface area (Å²) in [6, 6.07) is 0.310. The molecule has 0 saturated heterocycles. The summed E-state index contributed by atoms with van der Waals surface area (Å²) >= 11 is 5.84. The van der Waals surface area contributed by atoms with Crippen LogP contribution in [0.5, 0.6) is 0 Å². The Bertz CT molecular complexity index is 167. The average molecular weight is 292 g/mol. The first-order valence-corrected chi connectivity index (χ1v) is 8.66. The van der Waals surface area contributed by atoms with Crippen LogP contribution in [-0.4, -0.2) is 32.2 Å². The molecule has 0 bridgehead atoms. The van der Waals surface area contributed by atoms with Gasteiger partial charge < -0.3 is 10.1 Å². The van der Waals surface area contributed by atoms with Crippen molar-refractivity contribution in [1.82, 2.24) is 5.32 Å². The van der Waals surface area contributed by atoms with Crippen LogP contribution in [0.15, 0.2) is 0 Å². The van der Waals surface area contributed by atoms with E-state index in [2.05, 4.69) is 12.2 Å². The second-order valence-corrected chi connectivity index (χ2v) is 5.75. The van der Waals surface area contributed by atoms with Gasteiger partial charge in [0.15, 0.2) is 0 Å². The monoisotopic (exact) mass is 291 g/mol. The van der Waals surface area contributed by atoms with Crippen LogP contribution >= 0.6 is 11.6 Å². The van der Waals surface area contributed by atoms with E-state index in [1.165, 1.54) is 64.2 Å². The molecule has 0 aliphatic carbocycles. The van der Waals surface area contributed by atoms with Crippen molar-refractivity contribution in [2.24, 2.45) is 0 Å². The summed E-state index contributed by atoms with van der Waals surface area (Å²) < 4.78 is 5.10. The van der Waals surface area contributed by atoms with Crippen LogP contribution < -0.4 is 5.32 Å². The first kappa shape index (κ1) is 19.2. The molecule has 0 aliphatic rings. The minimum Gasteiger partial charge on any atom is -0.383 e. The minimum atomic E-state index is 0.310. The van der Waals surface area contributed by atoms with E-state index in [-0.39, 0.29) is 0 Å². The second kappa shape index (κ2) is 16.3. The Morgan fingerprint density at radius 1 is 0.895 bits per heavy atom. The highest BCUT2D eigenvalue weighted by Crippen LogP contribution is 2.10. The fraction of sp³-hybridized carbons (Fsp3) is 1.00. The quantitative estimate of drug-likeness (QED) is 0.347. The maximum atomic E-state index is 5.84. The van der Waals surface area contributed by atoms with Crippen LogP contribution in [0.4, 0.5) is 0 Å². The molecule has 0 aromatic heterocycles. The Balaban J connectivity index is 3.09. The van der Waals surface area contributed by atoms with Crippen molar-refractivity contribution in [3.05, 3.63) is 0 Å². The van der Waals surface area contributed by atoms with Gasteiger partial charge in [0, 0.05) is 19.0 Å². The van der Waals surface area contributed by atoms with Crippen LogP contribution in [0.1, 0.15) is 71.1 Å². The second-order valence-electron chi connectivity index (χ2n) is 5.44. The molecule has 0 aromatic rings. The van der Waals surface area contributed by atoms with Gasteiger partial charge >= 0.3 is 0 Å². The van der Waals surface area contributed by atoms with E-state index >= 15 is 0 Å². The summed E-state index contributed by atoms with van der Waals surface area (Å²) in [5, 5.41) is 3.44. The van der Waals surface area contributed by atoms with E-state index in [0.717, 1.165) is 6.54 Å². The Labute approximate surface area is 125 Å². The molecule has 0 rings (SSSR count). The van der Waals surface area contributed by atoms with Crippen molar-refractivity contribution < 1.29 is 4.74 Å². The van der Waals surface area contributed by atoms with Gasteiger partial charge in [0.2, 0.25) is 0 Å². The van der Waals surface area contributed by atoms with E-state index in [4.69, 9.17) is 16.3 Å². The molecule has 0 fully saturated rings. The molecule has 0 radical (unpaired) electrons. The van der Waals surface area contributed by atoms with Crippen molar-refractivity contribution in [2.45, 2.75) is 77.2 Å². The smallest absolute Gasteiger partial charge is 0.0627 e. The lowest BCUT2D eigenvalue weighted by Gasteiger charge is -2.14. The van der Waals surface area contributed by atoms with Crippen LogP contribution in [0.25, 0.3) is 0 Å². The Hall–Kier alpha value is 0.210. The Kier molecular flexibility index (Phi) is 16.4. The molecule has 3 heteroatoms. The van der Waals surface area contributed by atoms with Gasteiger partial charge in [-0.3, -0.25) is 0 Å². The maximum Gasteiger partial charge on any atom is 0.0627 e. The van der Waals surface area contributed by atoms with Crippen LogP contribution in [0.3, 0.4) is 0 Å². The van der Waals surface area contributed by atoms with E-state index in [1.54, 1.807) is 7.11 Å². The maximum absolute atomic E-state index is 5.84. The molecule has 0 heterocycles. The van der Waals surface area contributed by atoms with Gasteiger partial charge in [0.25, 0.3) is 0 Å². The molecule has 116 valence electrons. The highest BCUT2D eigenvalue weighted by molar-refractivity contribution is 6.18. The molecule has 0 spiro atoms. The summed E-state index contributed by atoms with van der Waals surface area (Å²) in [5.74, 6) is 0.631. The zero-order valence-electron chi connectivity index (χ0n) is 13.1. The highest BCUT2D eigenvalue weighted by Gasteiger charge is 2.04. The summed E-state index contributed by atoms with van der Waals surface area (Å²) in [6.45, 7) is 4.05. The first-order chi connectivity index (χ1) is 9.35. The largest absolute Gasteiger partial charge is 0.383 e. The number of methoxy groups -OCH3 is 1. The SMILES string of the molecule is CCCCCCCCCCCCNC(CCl)COC. The van der Waals surface area contributed by atoms with Gasteiger partial charge in [-0.1, -0.05) is 64.7 Å². The number of unbranched alkanes of at least 4 members (excludes halogenated alkanes) is 9. The van der Waals surface area contributed by atoms with Gasteiger partial charge in [0.05, 0.1) is 6.61 Å². The number of hydrogen-bond acceptors (Lipinski definition) is 2. The predicted octanol–water partition coefficient (Wildman–Crippen LogP) is 4.75. The lowest BCUT2D eigenvalue weighted by Crippen LogP contribution is -2.35. The molecule has 0 aromatic carbocycles. The Morgan fingerprint density at radius 3 is 1.89 bits per heavy atom. The van der Waals surface area contributed by atoms with Crippen molar-refractivity contribution in [3.8, 4) is 0 Å². The number of hydrogen-bond donors (Lipinski definition) is 1. The summed E-state index contributed by atoms with van der Waals surface area (Å²) in [5.41, 5.74) is 0. The molecule has 0 saturated carbocycles. The molecular weight excluding hydrogens is 258 g/mol. The first-order valence-electron chi connectivity index (χ1n) is 8.13. The lowest BCUT2D eigenvalue weighted by molar-refractivity contribution is 0.173. The fourth-order valence-electron chi connectivity index (χ4n) is 2.28. The molecule has 0 aliphatic heterocycles. The van der Waals surface area contributed by atoms with Crippen molar-refractivity contribution >= 4 is 11.6 Å². The third-order valence-corrected chi connectivity index (χ3v) is 3.89. The normalized spacial score (nSPS) is 12.8. The predicted molar refractivity (Wildman–Crippen MR) is 86.2 cm³/mol. The number of nitrogens with one attached hydrogen (secondary N) is 1. The van der Waals surface area contributed by atoms with Gasteiger partial charge in [-0.25, -0.2) is 0 Å². The number of halogens is 1. The van der Waals surface area contributed by atoms with Gasteiger partial charge in [-0.15, -0.1) is 11.6 Å². The average Bonchev–Trinajstić information content (AvgIpc) is 2.43. The summed E-state index contributed by atoms with van der Waals surface area (Å²) in [6.07, 6.45) is 13.9. The van der Waals surface area contributed by atoms with Crippen molar-refractivity contribution in [1.29, 1.82) is 0 Å². The zero-order valence-corrected chi connectivity index (χ0v) is 13.8. The standard InChI is InChI=1S/C16H34ClNO/c1-3-4-5-6-7-8-9-10-11-12-13-18-16(14-17)15-19-2/h16,18H,3-15H2,1-2H3. The number of ether oxygens (including phenoxy) is 1. The van der Waals surface area contributed by atoms with E-state index < -0.39 is 0 Å². The third-order valence-electron chi connectivity index (χ3n) is 3.52. The van der Waals surface area contributed by atoms with Gasteiger partial charge in [0.1, 0.15) is 0 Å². The van der Waals surface area contributed by atoms with Crippen molar-refractivity contribution in [2.75, 3.05) is 26.1 Å². The lowest BCUT2D eigenvalue weighted by atomic mass is 10.1. The Morgan fingerprint density at radius 2 is 1.42 bits per heavy atom. The van der Waals surface area contributed by atoms with Crippen LogP contribution in [0.2, 0.25) is 0 Å². The molecule has 1 unspecified atom stereocenters. The van der Waals surface area contributed by atoms with Gasteiger partial charge in [-0.05, 0) is 13.0 Å². The number of rotatable bonds is 15. The summed E-state index contributed by atoms with van der Waals surface area (Å²) in [4.78, 5) is 0. The highest BCUT2D eigenvalue weighted by atomic mass is 35.5. The minimum absolute atomic E-state index is 0.310. The van der Waals surface area contributed by atoms with Gasteiger partial charge in [-0.2, -0.15) is 0 Å². The zero-order chi connectivity index (χ0) is 14.2.